The van der Waals surface area contributed by atoms with Crippen molar-refractivity contribution in [1.82, 2.24) is 4.90 Å². The molecule has 0 aliphatic carbocycles. The highest BCUT2D eigenvalue weighted by Crippen LogP contribution is 2.31. The molecule has 0 saturated carbocycles. The molecule has 0 amide bonds. The van der Waals surface area contributed by atoms with Crippen molar-refractivity contribution in [1.29, 1.82) is 0 Å². The van der Waals surface area contributed by atoms with Gasteiger partial charge in [0.15, 0.2) is 0 Å². The molecule has 1 aliphatic rings. The van der Waals surface area contributed by atoms with E-state index in [4.69, 9.17) is 21.1 Å². The highest BCUT2D eigenvalue weighted by Gasteiger charge is 2.19. The Bertz CT molecular complexity index is 391. The minimum Gasteiger partial charge on any atom is -0.496 e. The number of alkyl halides is 1. The standard InChI is InChI=1S/C14H20ClNO2/c1-11-3-4-14(17-2)12(9-11)13(15)10-16-5-7-18-8-6-16/h3-4,9,13H,5-8,10H2,1-2H3. The van der Waals surface area contributed by atoms with Crippen molar-refractivity contribution in [2.24, 2.45) is 0 Å². The molecule has 0 radical (unpaired) electrons. The number of morpholine rings is 1. The number of benzene rings is 1. The fourth-order valence-electron chi connectivity index (χ4n) is 2.21. The second-order valence-electron chi connectivity index (χ2n) is 4.63. The Hall–Kier alpha value is -0.770. The van der Waals surface area contributed by atoms with E-state index in [1.807, 2.05) is 12.1 Å². The van der Waals surface area contributed by atoms with E-state index in [9.17, 15) is 0 Å². The van der Waals surface area contributed by atoms with Crippen LogP contribution in [0, 0.1) is 6.92 Å². The molecule has 3 nitrogen and oxygen atoms in total. The lowest BCUT2D eigenvalue weighted by molar-refractivity contribution is 0.0378. The molecular weight excluding hydrogens is 250 g/mol. The molecule has 1 aromatic carbocycles. The number of rotatable bonds is 4. The zero-order chi connectivity index (χ0) is 13.0. The van der Waals surface area contributed by atoms with E-state index in [0.29, 0.717) is 0 Å². The quantitative estimate of drug-likeness (QED) is 0.785. The zero-order valence-corrected chi connectivity index (χ0v) is 11.7. The Morgan fingerprint density at radius 1 is 1.39 bits per heavy atom. The molecule has 1 atom stereocenters. The molecule has 4 heteroatoms. The molecular formula is C14H20ClNO2. The molecule has 0 bridgehead atoms. The summed E-state index contributed by atoms with van der Waals surface area (Å²) in [5.41, 5.74) is 2.28. The van der Waals surface area contributed by atoms with E-state index in [1.165, 1.54) is 5.56 Å². The van der Waals surface area contributed by atoms with Crippen molar-refractivity contribution in [2.75, 3.05) is 40.0 Å². The van der Waals surface area contributed by atoms with Crippen molar-refractivity contribution >= 4 is 11.6 Å². The molecule has 0 spiro atoms. The predicted octanol–water partition coefficient (Wildman–Crippen LogP) is 2.62. The van der Waals surface area contributed by atoms with Crippen LogP contribution in [0.15, 0.2) is 18.2 Å². The maximum absolute atomic E-state index is 6.53. The van der Waals surface area contributed by atoms with Gasteiger partial charge in [-0.15, -0.1) is 11.6 Å². The summed E-state index contributed by atoms with van der Waals surface area (Å²) in [6, 6.07) is 6.14. The molecule has 1 aromatic rings. The molecule has 1 unspecified atom stereocenters. The van der Waals surface area contributed by atoms with Gasteiger partial charge in [-0.3, -0.25) is 4.90 Å². The van der Waals surface area contributed by atoms with E-state index < -0.39 is 0 Å². The van der Waals surface area contributed by atoms with Crippen LogP contribution in [-0.2, 0) is 4.74 Å². The molecule has 18 heavy (non-hydrogen) atoms. The third-order valence-electron chi connectivity index (χ3n) is 3.24. The number of halogens is 1. The molecule has 2 rings (SSSR count). The lowest BCUT2D eigenvalue weighted by atomic mass is 10.1. The van der Waals surface area contributed by atoms with Crippen molar-refractivity contribution in [3.05, 3.63) is 29.3 Å². The number of nitrogens with zero attached hydrogens (tertiary/aromatic N) is 1. The Morgan fingerprint density at radius 2 is 2.11 bits per heavy atom. The second kappa shape index (κ2) is 6.41. The largest absolute Gasteiger partial charge is 0.496 e. The maximum Gasteiger partial charge on any atom is 0.123 e. The van der Waals surface area contributed by atoms with Crippen LogP contribution in [0.4, 0.5) is 0 Å². The lowest BCUT2D eigenvalue weighted by Crippen LogP contribution is -2.38. The highest BCUT2D eigenvalue weighted by molar-refractivity contribution is 6.21. The molecule has 0 aromatic heterocycles. The lowest BCUT2D eigenvalue weighted by Gasteiger charge is -2.28. The van der Waals surface area contributed by atoms with Crippen molar-refractivity contribution in [3.63, 3.8) is 0 Å². The van der Waals surface area contributed by atoms with Crippen LogP contribution in [0.25, 0.3) is 0 Å². The summed E-state index contributed by atoms with van der Waals surface area (Å²) < 4.78 is 10.7. The van der Waals surface area contributed by atoms with Crippen LogP contribution in [0.2, 0.25) is 0 Å². The average Bonchev–Trinajstić information content (AvgIpc) is 2.40. The summed E-state index contributed by atoms with van der Waals surface area (Å²) in [5.74, 6) is 0.869. The number of hydrogen-bond acceptors (Lipinski definition) is 3. The summed E-state index contributed by atoms with van der Waals surface area (Å²) in [4.78, 5) is 2.34. The summed E-state index contributed by atoms with van der Waals surface area (Å²) in [6.07, 6.45) is 0. The van der Waals surface area contributed by atoms with Crippen LogP contribution in [0.3, 0.4) is 0 Å². The normalized spacial score (nSPS) is 18.6. The van der Waals surface area contributed by atoms with Gasteiger partial charge in [0.25, 0.3) is 0 Å². The van der Waals surface area contributed by atoms with Gasteiger partial charge in [0, 0.05) is 25.2 Å². The second-order valence-corrected chi connectivity index (χ2v) is 5.15. The van der Waals surface area contributed by atoms with Crippen LogP contribution >= 0.6 is 11.6 Å². The predicted molar refractivity (Wildman–Crippen MR) is 73.6 cm³/mol. The van der Waals surface area contributed by atoms with Gasteiger partial charge in [0.05, 0.1) is 25.7 Å². The molecule has 100 valence electrons. The minimum absolute atomic E-state index is 0.0436. The smallest absolute Gasteiger partial charge is 0.123 e. The summed E-state index contributed by atoms with van der Waals surface area (Å²) in [6.45, 7) is 6.42. The van der Waals surface area contributed by atoms with Gasteiger partial charge in [-0.2, -0.15) is 0 Å². The van der Waals surface area contributed by atoms with Gasteiger partial charge in [-0.25, -0.2) is 0 Å². The van der Waals surface area contributed by atoms with Crippen molar-refractivity contribution in [3.8, 4) is 5.75 Å². The van der Waals surface area contributed by atoms with E-state index >= 15 is 0 Å². The number of methoxy groups -OCH3 is 1. The molecule has 1 fully saturated rings. The minimum atomic E-state index is -0.0436. The Balaban J connectivity index is 2.07. The number of aryl methyl sites for hydroxylation is 1. The van der Waals surface area contributed by atoms with Gasteiger partial charge >= 0.3 is 0 Å². The van der Waals surface area contributed by atoms with Gasteiger partial charge in [0.1, 0.15) is 5.75 Å². The maximum atomic E-state index is 6.53. The van der Waals surface area contributed by atoms with Crippen LogP contribution in [0.1, 0.15) is 16.5 Å². The van der Waals surface area contributed by atoms with Crippen molar-refractivity contribution < 1.29 is 9.47 Å². The molecule has 0 N–H and O–H groups in total. The first-order chi connectivity index (χ1) is 8.70. The third-order valence-corrected chi connectivity index (χ3v) is 3.62. The zero-order valence-electron chi connectivity index (χ0n) is 11.0. The van der Waals surface area contributed by atoms with E-state index in [2.05, 4.69) is 17.9 Å². The average molecular weight is 270 g/mol. The Kier molecular flexibility index (Phi) is 4.87. The van der Waals surface area contributed by atoms with Crippen LogP contribution < -0.4 is 4.74 Å². The third kappa shape index (κ3) is 3.37. The van der Waals surface area contributed by atoms with E-state index in [1.54, 1.807) is 7.11 Å². The molecule has 1 heterocycles. The first-order valence-corrected chi connectivity index (χ1v) is 6.73. The van der Waals surface area contributed by atoms with Gasteiger partial charge < -0.3 is 9.47 Å². The summed E-state index contributed by atoms with van der Waals surface area (Å²) in [5, 5.41) is -0.0436. The van der Waals surface area contributed by atoms with Gasteiger partial charge in [0.2, 0.25) is 0 Å². The topological polar surface area (TPSA) is 21.7 Å². The SMILES string of the molecule is COc1ccc(C)cc1C(Cl)CN1CCOCC1. The van der Waals surface area contributed by atoms with Gasteiger partial charge in [-0.1, -0.05) is 17.7 Å². The first-order valence-electron chi connectivity index (χ1n) is 6.29. The van der Waals surface area contributed by atoms with Crippen LogP contribution in [-0.4, -0.2) is 44.9 Å². The summed E-state index contributed by atoms with van der Waals surface area (Å²) >= 11 is 6.53. The molecule has 1 aliphatic heterocycles. The first kappa shape index (κ1) is 13.7. The van der Waals surface area contributed by atoms with Gasteiger partial charge in [-0.05, 0) is 13.0 Å². The van der Waals surface area contributed by atoms with E-state index in [0.717, 1.165) is 44.2 Å². The van der Waals surface area contributed by atoms with E-state index in [-0.39, 0.29) is 5.38 Å². The van der Waals surface area contributed by atoms with Crippen molar-refractivity contribution in [2.45, 2.75) is 12.3 Å². The monoisotopic (exact) mass is 269 g/mol. The number of ether oxygens (including phenoxy) is 2. The molecule has 1 saturated heterocycles. The summed E-state index contributed by atoms with van der Waals surface area (Å²) in [7, 11) is 1.69. The fraction of sp³-hybridized carbons (Fsp3) is 0.571. The highest BCUT2D eigenvalue weighted by atomic mass is 35.5. The number of hydrogen-bond donors (Lipinski definition) is 0. The Labute approximate surface area is 114 Å². The van der Waals surface area contributed by atoms with Crippen LogP contribution in [0.5, 0.6) is 5.75 Å². The Morgan fingerprint density at radius 3 is 2.78 bits per heavy atom. The fourth-order valence-corrected chi connectivity index (χ4v) is 2.57.